The monoisotopic (exact) mass is 977 g/mol. The standard InChI is InChI=1S/C72H43N5/c1-3-20-44(21-4-1)75-65-36-18-15-32-58(65)72(61-41-54-49-26-9-14-31-57(49)71(60(54)42-66(61)75)55-29-12-7-24-47(55)48-25-8-13-30-56(48)71)59-33-19-39-73-67(59)68-62(72)40-46(43-74-68)77-64-35-17-11-28-51(64)53-38-37-52-50-27-10-16-34-63(50)76(69(52)70(53)77)45-22-5-2-6-23-45/h1-43H. The molecule has 0 fully saturated rings. The number of fused-ring (bicyclic) bond motifs is 26. The summed E-state index contributed by atoms with van der Waals surface area (Å²) in [6.45, 7) is 0. The highest BCUT2D eigenvalue weighted by molar-refractivity contribution is 6.24. The zero-order valence-electron chi connectivity index (χ0n) is 41.6. The van der Waals surface area contributed by atoms with Gasteiger partial charge in [-0.3, -0.25) is 9.97 Å². The van der Waals surface area contributed by atoms with Gasteiger partial charge in [0.1, 0.15) is 0 Å². The third-order valence-electron chi connectivity index (χ3n) is 17.8. The lowest BCUT2D eigenvalue weighted by molar-refractivity contribution is 0.743. The number of aromatic nitrogens is 4. The molecule has 77 heavy (non-hydrogen) atoms. The zero-order valence-corrected chi connectivity index (χ0v) is 41.6. The van der Waals surface area contributed by atoms with Crippen molar-refractivity contribution in [3.63, 3.8) is 0 Å². The number of pyridine rings is 2. The molecule has 0 bridgehead atoms. The van der Waals surface area contributed by atoms with Crippen molar-refractivity contribution in [2.45, 2.75) is 10.8 Å². The van der Waals surface area contributed by atoms with Gasteiger partial charge in [-0.15, -0.1) is 0 Å². The Morgan fingerprint density at radius 1 is 0.286 bits per heavy atom. The first-order chi connectivity index (χ1) is 38.2. The summed E-state index contributed by atoms with van der Waals surface area (Å²) in [5.74, 6) is 0. The van der Waals surface area contributed by atoms with Crippen LogP contribution in [0.25, 0.3) is 88.6 Å². The van der Waals surface area contributed by atoms with Crippen LogP contribution in [0.15, 0.2) is 261 Å². The molecule has 18 rings (SSSR count). The molecular weight excluding hydrogens is 935 g/mol. The molecule has 0 amide bonds. The van der Waals surface area contributed by atoms with Crippen molar-refractivity contribution in [1.82, 2.24) is 19.1 Å². The molecule has 1 atom stereocenters. The summed E-state index contributed by atoms with van der Waals surface area (Å²) >= 11 is 0. The fraction of sp³-hybridized carbons (Fsp3) is 0.0278. The average molecular weight is 978 g/mol. The summed E-state index contributed by atoms with van der Waals surface area (Å²) in [5.41, 5.74) is 25.5. The fourth-order valence-corrected chi connectivity index (χ4v) is 15.0. The molecular formula is C72H43N5. The molecule has 0 saturated heterocycles. The van der Waals surface area contributed by atoms with Crippen LogP contribution in [-0.2, 0) is 10.8 Å². The van der Waals surface area contributed by atoms with Gasteiger partial charge in [-0.25, -0.2) is 0 Å². The maximum absolute atomic E-state index is 5.66. The average Bonchev–Trinajstić information content (AvgIpc) is 3.97. The van der Waals surface area contributed by atoms with Crippen LogP contribution in [0.4, 0.5) is 17.1 Å². The third-order valence-corrected chi connectivity index (χ3v) is 17.8. The zero-order chi connectivity index (χ0) is 50.1. The van der Waals surface area contributed by atoms with E-state index in [2.05, 4.69) is 269 Å². The summed E-state index contributed by atoms with van der Waals surface area (Å²) in [6, 6.07) is 92.7. The van der Waals surface area contributed by atoms with Gasteiger partial charge in [-0.05, 0) is 128 Å². The molecule has 0 saturated carbocycles. The van der Waals surface area contributed by atoms with Gasteiger partial charge in [-0.2, -0.15) is 0 Å². The molecule has 356 valence electrons. The minimum absolute atomic E-state index is 0.535. The van der Waals surface area contributed by atoms with Crippen LogP contribution in [0, 0.1) is 0 Å². The number of hydrogen-bond acceptors (Lipinski definition) is 3. The normalized spacial score (nSPS) is 15.7. The molecule has 1 aliphatic heterocycles. The van der Waals surface area contributed by atoms with Crippen molar-refractivity contribution < 1.29 is 0 Å². The van der Waals surface area contributed by atoms with Crippen LogP contribution in [0.1, 0.15) is 44.5 Å². The molecule has 5 heterocycles. The molecule has 4 aromatic heterocycles. The van der Waals surface area contributed by atoms with Crippen molar-refractivity contribution in [2.24, 2.45) is 0 Å². The van der Waals surface area contributed by atoms with E-state index in [1.54, 1.807) is 0 Å². The van der Waals surface area contributed by atoms with Gasteiger partial charge in [-0.1, -0.05) is 182 Å². The molecule has 5 nitrogen and oxygen atoms in total. The quantitative estimate of drug-likeness (QED) is 0.177. The van der Waals surface area contributed by atoms with E-state index in [-0.39, 0.29) is 0 Å². The van der Waals surface area contributed by atoms with Crippen LogP contribution in [0.3, 0.4) is 0 Å². The second-order valence-electron chi connectivity index (χ2n) is 21.1. The van der Waals surface area contributed by atoms with E-state index in [4.69, 9.17) is 9.97 Å². The Labute approximate surface area is 443 Å². The lowest BCUT2D eigenvalue weighted by atomic mass is 9.63. The molecule has 3 aliphatic carbocycles. The fourth-order valence-electron chi connectivity index (χ4n) is 15.0. The molecule has 1 unspecified atom stereocenters. The number of anilines is 3. The van der Waals surface area contributed by atoms with Crippen molar-refractivity contribution in [2.75, 3.05) is 4.90 Å². The lowest BCUT2D eigenvalue weighted by Gasteiger charge is -2.45. The van der Waals surface area contributed by atoms with Gasteiger partial charge in [0.2, 0.25) is 0 Å². The first-order valence-electron chi connectivity index (χ1n) is 26.6. The predicted octanol–water partition coefficient (Wildman–Crippen LogP) is 17.2. The minimum Gasteiger partial charge on any atom is -0.310 e. The number of rotatable bonds is 3. The first-order valence-corrected chi connectivity index (χ1v) is 26.6. The Morgan fingerprint density at radius 3 is 1.43 bits per heavy atom. The highest BCUT2D eigenvalue weighted by Crippen LogP contribution is 2.68. The van der Waals surface area contributed by atoms with E-state index in [1.807, 2.05) is 6.20 Å². The van der Waals surface area contributed by atoms with E-state index in [1.165, 1.54) is 82.7 Å². The smallest absolute Gasteiger partial charge is 0.0939 e. The van der Waals surface area contributed by atoms with Gasteiger partial charge < -0.3 is 14.0 Å². The summed E-state index contributed by atoms with van der Waals surface area (Å²) in [7, 11) is 0. The van der Waals surface area contributed by atoms with Gasteiger partial charge in [0.25, 0.3) is 0 Å². The van der Waals surface area contributed by atoms with Crippen LogP contribution in [0.5, 0.6) is 0 Å². The largest absolute Gasteiger partial charge is 0.310 e. The number of nitrogens with zero attached hydrogens (tertiary/aromatic N) is 5. The van der Waals surface area contributed by atoms with Gasteiger partial charge in [0.05, 0.1) is 67.5 Å². The molecule has 4 aliphatic rings. The highest BCUT2D eigenvalue weighted by Gasteiger charge is 2.57. The van der Waals surface area contributed by atoms with Crippen LogP contribution in [-0.4, -0.2) is 19.1 Å². The van der Waals surface area contributed by atoms with Crippen molar-refractivity contribution >= 4 is 60.7 Å². The summed E-state index contributed by atoms with van der Waals surface area (Å²) in [5, 5.41) is 4.81. The van der Waals surface area contributed by atoms with Crippen molar-refractivity contribution in [1.29, 1.82) is 0 Å². The molecule has 10 aromatic carbocycles. The van der Waals surface area contributed by atoms with Crippen molar-refractivity contribution in [3.8, 4) is 45.0 Å². The number of benzene rings is 10. The predicted molar refractivity (Wildman–Crippen MR) is 313 cm³/mol. The number of hydrogen-bond donors (Lipinski definition) is 0. The summed E-state index contributed by atoms with van der Waals surface area (Å²) in [4.78, 5) is 13.5. The second kappa shape index (κ2) is 14.8. The maximum atomic E-state index is 5.66. The van der Waals surface area contributed by atoms with Gasteiger partial charge in [0, 0.05) is 44.7 Å². The Bertz CT molecular complexity index is 4840. The Morgan fingerprint density at radius 2 is 0.779 bits per heavy atom. The highest BCUT2D eigenvalue weighted by atomic mass is 15.2. The van der Waals surface area contributed by atoms with Gasteiger partial charge in [0.15, 0.2) is 0 Å². The molecule has 5 heteroatoms. The molecule has 2 spiro atoms. The van der Waals surface area contributed by atoms with Gasteiger partial charge >= 0.3 is 0 Å². The van der Waals surface area contributed by atoms with Crippen LogP contribution < -0.4 is 4.90 Å². The Kier molecular flexibility index (Phi) is 7.94. The molecule has 0 N–H and O–H groups in total. The van der Waals surface area contributed by atoms with E-state index < -0.39 is 10.8 Å². The topological polar surface area (TPSA) is 38.9 Å². The SMILES string of the molecule is c1ccc(N2c3ccccc3C3(c4cc5c(cc42)C2(c4ccccc4-c4ccccc42)c2ccccc2-5)c2cccnc2-c2ncc(-n4c5ccccc5c5ccc6c7ccccc7n(-c7ccccc7)c6c54)cc23)cc1. The van der Waals surface area contributed by atoms with Crippen LogP contribution in [0.2, 0.25) is 0 Å². The third kappa shape index (κ3) is 4.96. The molecule has 14 aromatic rings. The van der Waals surface area contributed by atoms with Crippen LogP contribution >= 0.6 is 0 Å². The Hall–Kier alpha value is -10.1. The lowest BCUT2D eigenvalue weighted by Crippen LogP contribution is -2.37. The van der Waals surface area contributed by atoms with E-state index >= 15 is 0 Å². The van der Waals surface area contributed by atoms with E-state index in [0.717, 1.165) is 67.5 Å². The van der Waals surface area contributed by atoms with E-state index in [9.17, 15) is 0 Å². The summed E-state index contributed by atoms with van der Waals surface area (Å²) < 4.78 is 4.95. The Balaban J connectivity index is 0.990. The molecule has 0 radical (unpaired) electrons. The minimum atomic E-state index is -0.836. The second-order valence-corrected chi connectivity index (χ2v) is 21.1. The first kappa shape index (κ1) is 41.3. The maximum Gasteiger partial charge on any atom is 0.0939 e. The van der Waals surface area contributed by atoms with E-state index in [0.29, 0.717) is 0 Å². The summed E-state index contributed by atoms with van der Waals surface area (Å²) in [6.07, 6.45) is 4.03. The van der Waals surface area contributed by atoms with Crippen molar-refractivity contribution in [3.05, 3.63) is 306 Å². The number of para-hydroxylation sites is 5.